The van der Waals surface area contributed by atoms with Crippen LogP contribution in [0.3, 0.4) is 0 Å². The number of thiophene rings is 1. The quantitative estimate of drug-likeness (QED) is 0.846. The van der Waals surface area contributed by atoms with Crippen molar-refractivity contribution in [2.75, 3.05) is 0 Å². The second kappa shape index (κ2) is 6.72. The predicted octanol–water partition coefficient (Wildman–Crippen LogP) is 1.98. The summed E-state index contributed by atoms with van der Waals surface area (Å²) in [5.74, 6) is -0.168. The molecule has 0 bridgehead atoms. The van der Waals surface area contributed by atoms with Gasteiger partial charge in [0.25, 0.3) is 11.8 Å². The largest absolute Gasteiger partial charge is 0.481 e. The van der Waals surface area contributed by atoms with Crippen LogP contribution in [-0.4, -0.2) is 17.9 Å². The average Bonchev–Trinajstić information content (AvgIpc) is 2.99. The maximum absolute atomic E-state index is 11.8. The minimum Gasteiger partial charge on any atom is -0.481 e. The number of rotatable bonds is 4. The van der Waals surface area contributed by atoms with E-state index in [1.165, 1.54) is 11.3 Å². The number of amides is 2. The Hall–Kier alpha value is -2.34. The molecule has 1 aromatic carbocycles. The van der Waals surface area contributed by atoms with E-state index in [4.69, 9.17) is 4.74 Å². The minimum atomic E-state index is -0.707. The summed E-state index contributed by atoms with van der Waals surface area (Å²) in [6.45, 7) is 1.61. The Kier molecular flexibility index (Phi) is 4.73. The van der Waals surface area contributed by atoms with Gasteiger partial charge in [0.05, 0.1) is 4.88 Å². The zero-order chi connectivity index (χ0) is 14.4. The monoisotopic (exact) mass is 290 g/mol. The van der Waals surface area contributed by atoms with E-state index in [0.29, 0.717) is 10.6 Å². The van der Waals surface area contributed by atoms with Crippen LogP contribution in [0.25, 0.3) is 0 Å². The van der Waals surface area contributed by atoms with Crippen molar-refractivity contribution in [2.45, 2.75) is 13.0 Å². The fraction of sp³-hybridized carbons (Fsp3) is 0.143. The highest BCUT2D eigenvalue weighted by atomic mass is 32.1. The SMILES string of the molecule is C[C@H](Oc1ccccc1)C(=O)NNC(=O)c1cccs1. The second-order valence-electron chi connectivity index (χ2n) is 3.99. The Morgan fingerprint density at radius 3 is 2.50 bits per heavy atom. The summed E-state index contributed by atoms with van der Waals surface area (Å²) in [6.07, 6.45) is -0.707. The number of hydrazine groups is 1. The number of nitrogens with one attached hydrogen (secondary N) is 2. The van der Waals surface area contributed by atoms with Crippen LogP contribution in [0, 0.1) is 0 Å². The standard InChI is InChI=1S/C14H14N2O3S/c1-10(19-11-6-3-2-4-7-11)13(17)15-16-14(18)12-8-5-9-20-12/h2-10H,1H3,(H,15,17)(H,16,18)/t10-/m0/s1. The lowest BCUT2D eigenvalue weighted by Crippen LogP contribution is -2.47. The van der Waals surface area contributed by atoms with Crippen LogP contribution in [0.15, 0.2) is 47.8 Å². The molecule has 2 aromatic rings. The lowest BCUT2D eigenvalue weighted by atomic mass is 10.3. The zero-order valence-electron chi connectivity index (χ0n) is 10.8. The van der Waals surface area contributed by atoms with Gasteiger partial charge in [0.1, 0.15) is 5.75 Å². The van der Waals surface area contributed by atoms with Gasteiger partial charge in [0.2, 0.25) is 0 Å². The van der Waals surface area contributed by atoms with Crippen LogP contribution in [0.5, 0.6) is 5.75 Å². The predicted molar refractivity (Wildman–Crippen MR) is 76.5 cm³/mol. The molecule has 104 valence electrons. The number of para-hydroxylation sites is 1. The number of benzene rings is 1. The van der Waals surface area contributed by atoms with Crippen molar-refractivity contribution < 1.29 is 14.3 Å². The molecule has 1 aromatic heterocycles. The van der Waals surface area contributed by atoms with E-state index in [1.807, 2.05) is 18.2 Å². The molecule has 0 radical (unpaired) electrons. The van der Waals surface area contributed by atoms with Crippen molar-refractivity contribution in [3.63, 3.8) is 0 Å². The molecule has 6 heteroatoms. The van der Waals surface area contributed by atoms with Gasteiger partial charge in [-0.25, -0.2) is 0 Å². The molecule has 0 saturated carbocycles. The van der Waals surface area contributed by atoms with E-state index in [9.17, 15) is 9.59 Å². The second-order valence-corrected chi connectivity index (χ2v) is 4.94. The first-order chi connectivity index (χ1) is 9.66. The van der Waals surface area contributed by atoms with Crippen molar-refractivity contribution in [1.29, 1.82) is 0 Å². The highest BCUT2D eigenvalue weighted by molar-refractivity contribution is 7.12. The van der Waals surface area contributed by atoms with Gasteiger partial charge in [-0.05, 0) is 30.5 Å². The summed E-state index contributed by atoms with van der Waals surface area (Å²) in [5, 5.41) is 1.79. The molecule has 0 aliphatic heterocycles. The molecule has 5 nitrogen and oxygen atoms in total. The molecule has 2 amide bonds. The van der Waals surface area contributed by atoms with E-state index in [1.54, 1.807) is 36.6 Å². The van der Waals surface area contributed by atoms with Gasteiger partial charge in [-0.2, -0.15) is 0 Å². The van der Waals surface area contributed by atoms with E-state index >= 15 is 0 Å². The van der Waals surface area contributed by atoms with Gasteiger partial charge in [0.15, 0.2) is 6.10 Å². The number of hydrogen-bond acceptors (Lipinski definition) is 4. The summed E-state index contributed by atoms with van der Waals surface area (Å²) >= 11 is 1.30. The normalized spacial score (nSPS) is 11.4. The molecule has 2 N–H and O–H groups in total. The molecule has 0 fully saturated rings. The van der Waals surface area contributed by atoms with Crippen molar-refractivity contribution in [3.05, 3.63) is 52.7 Å². The molecular formula is C14H14N2O3S. The molecule has 1 heterocycles. The Morgan fingerprint density at radius 2 is 1.85 bits per heavy atom. The number of carbonyl (C=O) groups is 2. The van der Waals surface area contributed by atoms with E-state index in [0.717, 1.165) is 0 Å². The molecule has 0 saturated heterocycles. The smallest absolute Gasteiger partial charge is 0.279 e. The van der Waals surface area contributed by atoms with Gasteiger partial charge in [-0.1, -0.05) is 24.3 Å². The Bertz CT molecular complexity index is 569. The van der Waals surface area contributed by atoms with Crippen molar-refractivity contribution in [2.24, 2.45) is 0 Å². The van der Waals surface area contributed by atoms with Gasteiger partial charge in [0, 0.05) is 0 Å². The van der Waals surface area contributed by atoms with Gasteiger partial charge in [-0.15, -0.1) is 11.3 Å². The van der Waals surface area contributed by atoms with Crippen molar-refractivity contribution >= 4 is 23.2 Å². The number of hydrogen-bond donors (Lipinski definition) is 2. The molecule has 0 spiro atoms. The minimum absolute atomic E-state index is 0.347. The highest BCUT2D eigenvalue weighted by Gasteiger charge is 2.15. The molecular weight excluding hydrogens is 276 g/mol. The van der Waals surface area contributed by atoms with E-state index in [-0.39, 0.29) is 5.91 Å². The molecule has 0 aliphatic carbocycles. The van der Waals surface area contributed by atoms with Crippen molar-refractivity contribution in [3.8, 4) is 5.75 Å². The summed E-state index contributed by atoms with van der Waals surface area (Å²) in [6, 6.07) is 12.5. The summed E-state index contributed by atoms with van der Waals surface area (Å²) in [4.78, 5) is 23.9. The maximum Gasteiger partial charge on any atom is 0.279 e. The first-order valence-corrected chi connectivity index (χ1v) is 6.90. The fourth-order valence-electron chi connectivity index (χ4n) is 1.45. The first-order valence-electron chi connectivity index (χ1n) is 6.02. The Balaban J connectivity index is 1.81. The van der Waals surface area contributed by atoms with Crippen molar-refractivity contribution in [1.82, 2.24) is 10.9 Å². The Morgan fingerprint density at radius 1 is 1.10 bits per heavy atom. The lowest BCUT2D eigenvalue weighted by Gasteiger charge is -2.14. The van der Waals surface area contributed by atoms with Crippen LogP contribution in [-0.2, 0) is 4.79 Å². The third-order valence-corrected chi connectivity index (χ3v) is 3.34. The summed E-state index contributed by atoms with van der Waals surface area (Å²) in [5.41, 5.74) is 4.68. The summed E-state index contributed by atoms with van der Waals surface area (Å²) in [7, 11) is 0. The van der Waals surface area contributed by atoms with Gasteiger partial charge in [-0.3, -0.25) is 20.4 Å². The lowest BCUT2D eigenvalue weighted by molar-refractivity contribution is -0.128. The molecule has 1 atom stereocenters. The maximum atomic E-state index is 11.8. The molecule has 20 heavy (non-hydrogen) atoms. The van der Waals surface area contributed by atoms with Crippen LogP contribution >= 0.6 is 11.3 Å². The van der Waals surface area contributed by atoms with E-state index < -0.39 is 12.0 Å². The number of ether oxygens (including phenoxy) is 1. The van der Waals surface area contributed by atoms with Gasteiger partial charge < -0.3 is 4.74 Å². The topological polar surface area (TPSA) is 67.4 Å². The van der Waals surface area contributed by atoms with Crippen LogP contribution in [0.4, 0.5) is 0 Å². The zero-order valence-corrected chi connectivity index (χ0v) is 11.6. The van der Waals surface area contributed by atoms with E-state index in [2.05, 4.69) is 10.9 Å². The fourth-order valence-corrected chi connectivity index (χ4v) is 2.07. The highest BCUT2D eigenvalue weighted by Crippen LogP contribution is 2.10. The van der Waals surface area contributed by atoms with Crippen LogP contribution in [0.2, 0.25) is 0 Å². The van der Waals surface area contributed by atoms with Crippen LogP contribution in [0.1, 0.15) is 16.6 Å². The Labute approximate surface area is 120 Å². The third-order valence-electron chi connectivity index (χ3n) is 2.47. The number of carbonyl (C=O) groups excluding carboxylic acids is 2. The summed E-state index contributed by atoms with van der Waals surface area (Å²) < 4.78 is 5.44. The van der Waals surface area contributed by atoms with Crippen LogP contribution < -0.4 is 15.6 Å². The molecule has 0 aliphatic rings. The molecule has 0 unspecified atom stereocenters. The van der Waals surface area contributed by atoms with Gasteiger partial charge >= 0.3 is 0 Å². The third kappa shape index (κ3) is 3.83. The molecule has 2 rings (SSSR count). The average molecular weight is 290 g/mol. The first kappa shape index (κ1) is 14.1.